The first-order chi connectivity index (χ1) is 9.31. The van der Waals surface area contributed by atoms with Crippen molar-refractivity contribution >= 4 is 24.0 Å². The van der Waals surface area contributed by atoms with Crippen LogP contribution in [0.3, 0.4) is 0 Å². The number of ether oxygens (including phenoxy) is 1. The fourth-order valence-electron chi connectivity index (χ4n) is 3.24. The number of hydrogen-bond donors (Lipinski definition) is 1. The van der Waals surface area contributed by atoms with Crippen molar-refractivity contribution < 1.29 is 9.53 Å². The van der Waals surface area contributed by atoms with Gasteiger partial charge in [-0.1, -0.05) is 18.6 Å². The van der Waals surface area contributed by atoms with Crippen molar-refractivity contribution in [3.05, 3.63) is 24.3 Å². The molecule has 0 saturated heterocycles. The largest absolute Gasteiger partial charge is 0.490 e. The first-order valence-corrected chi connectivity index (χ1v) is 7.04. The first kappa shape index (κ1) is 15.1. The molecule has 2 aliphatic rings. The van der Waals surface area contributed by atoms with Gasteiger partial charge in [0, 0.05) is 5.92 Å². The van der Waals surface area contributed by atoms with Crippen LogP contribution in [0.4, 0.5) is 5.69 Å². The summed E-state index contributed by atoms with van der Waals surface area (Å²) in [6.45, 7) is 1.83. The van der Waals surface area contributed by atoms with Gasteiger partial charge >= 0.3 is 0 Å². The normalized spacial score (nSPS) is 24.6. The smallest absolute Gasteiger partial charge is 0.230 e. The molecular weight excluding hydrogens is 276 g/mol. The summed E-state index contributed by atoms with van der Waals surface area (Å²) in [5.41, 5.74) is 6.69. The van der Waals surface area contributed by atoms with Gasteiger partial charge in [0.1, 0.15) is 12.4 Å². The lowest BCUT2D eigenvalue weighted by Gasteiger charge is -2.32. The Morgan fingerprint density at radius 1 is 1.35 bits per heavy atom. The summed E-state index contributed by atoms with van der Waals surface area (Å²) in [4.78, 5) is 14.6. The number of anilines is 1. The van der Waals surface area contributed by atoms with Crippen molar-refractivity contribution in [3.8, 4) is 5.75 Å². The summed E-state index contributed by atoms with van der Waals surface area (Å²) in [5, 5.41) is 0. The molecule has 0 radical (unpaired) electrons. The fourth-order valence-corrected chi connectivity index (χ4v) is 3.24. The minimum atomic E-state index is 0. The maximum Gasteiger partial charge on any atom is 0.230 e. The van der Waals surface area contributed by atoms with Gasteiger partial charge in [0.15, 0.2) is 0 Å². The lowest BCUT2D eigenvalue weighted by Crippen LogP contribution is -2.43. The quantitative estimate of drug-likeness (QED) is 0.910. The molecule has 2 N–H and O–H groups in total. The van der Waals surface area contributed by atoms with Crippen LogP contribution >= 0.6 is 12.4 Å². The van der Waals surface area contributed by atoms with E-state index in [4.69, 9.17) is 10.5 Å². The third-order valence-corrected chi connectivity index (χ3v) is 4.27. The number of carbonyl (C=O) groups is 1. The standard InChI is InChI=1S/C15H20N2O2.ClH/c16-10-11-4-3-5-12(11)15(18)17-8-9-19-14-7-2-1-6-13(14)17;/h1-2,6-7,11-12H,3-5,8-10,16H2;1H/t11-,12-;/m1./s1. The van der Waals surface area contributed by atoms with Crippen molar-refractivity contribution in [1.82, 2.24) is 0 Å². The predicted octanol–water partition coefficient (Wildman–Crippen LogP) is 2.21. The molecule has 1 aliphatic carbocycles. The molecule has 1 aliphatic heterocycles. The Morgan fingerprint density at radius 2 is 2.15 bits per heavy atom. The van der Waals surface area contributed by atoms with Gasteiger partial charge in [-0.15, -0.1) is 12.4 Å². The van der Waals surface area contributed by atoms with Crippen molar-refractivity contribution in [1.29, 1.82) is 0 Å². The van der Waals surface area contributed by atoms with Gasteiger partial charge in [0.2, 0.25) is 5.91 Å². The molecule has 1 amide bonds. The number of para-hydroxylation sites is 2. The third-order valence-electron chi connectivity index (χ3n) is 4.27. The molecule has 20 heavy (non-hydrogen) atoms. The zero-order chi connectivity index (χ0) is 13.2. The number of benzene rings is 1. The molecule has 0 spiro atoms. The van der Waals surface area contributed by atoms with E-state index in [-0.39, 0.29) is 24.2 Å². The molecule has 3 rings (SSSR count). The Kier molecular flexibility index (Phi) is 4.89. The second kappa shape index (κ2) is 6.46. The highest BCUT2D eigenvalue weighted by Gasteiger charge is 2.36. The molecular formula is C15H21ClN2O2. The van der Waals surface area contributed by atoms with Crippen LogP contribution in [-0.4, -0.2) is 25.6 Å². The number of nitrogens with zero attached hydrogens (tertiary/aromatic N) is 1. The summed E-state index contributed by atoms with van der Waals surface area (Å²) in [5.74, 6) is 1.48. The van der Waals surface area contributed by atoms with Crippen LogP contribution < -0.4 is 15.4 Å². The molecule has 1 aromatic rings. The van der Waals surface area contributed by atoms with E-state index in [0.717, 1.165) is 30.7 Å². The molecule has 4 nitrogen and oxygen atoms in total. The van der Waals surface area contributed by atoms with Crippen LogP contribution in [0.5, 0.6) is 5.75 Å². The average Bonchev–Trinajstić information content (AvgIpc) is 2.94. The van der Waals surface area contributed by atoms with E-state index in [1.54, 1.807) is 0 Å². The van der Waals surface area contributed by atoms with Gasteiger partial charge in [-0.3, -0.25) is 4.79 Å². The van der Waals surface area contributed by atoms with Crippen LogP contribution in [0.1, 0.15) is 19.3 Å². The molecule has 1 aromatic carbocycles. The Hall–Kier alpha value is -1.26. The Labute approximate surface area is 125 Å². The van der Waals surface area contributed by atoms with Crippen molar-refractivity contribution in [2.75, 3.05) is 24.6 Å². The number of hydrogen-bond acceptors (Lipinski definition) is 3. The Morgan fingerprint density at radius 3 is 2.95 bits per heavy atom. The lowest BCUT2D eigenvalue weighted by molar-refractivity contribution is -0.123. The fraction of sp³-hybridized carbons (Fsp3) is 0.533. The molecule has 5 heteroatoms. The summed E-state index contributed by atoms with van der Waals surface area (Å²) < 4.78 is 5.60. The van der Waals surface area contributed by atoms with Gasteiger partial charge in [-0.05, 0) is 37.4 Å². The molecule has 1 saturated carbocycles. The molecule has 2 atom stereocenters. The minimum absolute atomic E-state index is 0. The van der Waals surface area contributed by atoms with Crippen LogP contribution in [-0.2, 0) is 4.79 Å². The third kappa shape index (κ3) is 2.63. The second-order valence-corrected chi connectivity index (χ2v) is 5.34. The number of carbonyl (C=O) groups excluding carboxylic acids is 1. The maximum absolute atomic E-state index is 12.7. The van der Waals surface area contributed by atoms with Gasteiger partial charge in [0.25, 0.3) is 0 Å². The molecule has 0 aromatic heterocycles. The van der Waals surface area contributed by atoms with Crippen LogP contribution in [0.25, 0.3) is 0 Å². The van der Waals surface area contributed by atoms with Gasteiger partial charge < -0.3 is 15.4 Å². The second-order valence-electron chi connectivity index (χ2n) is 5.34. The van der Waals surface area contributed by atoms with Crippen LogP contribution in [0, 0.1) is 11.8 Å². The van der Waals surface area contributed by atoms with E-state index < -0.39 is 0 Å². The SMILES string of the molecule is Cl.NC[C@H]1CCC[C@H]1C(=O)N1CCOc2ccccc21. The van der Waals surface area contributed by atoms with E-state index in [1.165, 1.54) is 0 Å². The highest BCUT2D eigenvalue weighted by atomic mass is 35.5. The number of nitrogens with two attached hydrogens (primary N) is 1. The summed E-state index contributed by atoms with van der Waals surface area (Å²) in [7, 11) is 0. The first-order valence-electron chi connectivity index (χ1n) is 7.04. The molecule has 1 fully saturated rings. The van der Waals surface area contributed by atoms with Gasteiger partial charge in [-0.2, -0.15) is 0 Å². The van der Waals surface area contributed by atoms with Crippen molar-refractivity contribution in [3.63, 3.8) is 0 Å². The summed E-state index contributed by atoms with van der Waals surface area (Å²) in [6, 6.07) is 7.76. The summed E-state index contributed by atoms with van der Waals surface area (Å²) >= 11 is 0. The number of fused-ring (bicyclic) bond motifs is 1. The topological polar surface area (TPSA) is 55.6 Å². The van der Waals surface area contributed by atoms with Crippen molar-refractivity contribution in [2.45, 2.75) is 19.3 Å². The highest BCUT2D eigenvalue weighted by Crippen LogP contribution is 2.37. The van der Waals surface area contributed by atoms with E-state index in [0.29, 0.717) is 25.6 Å². The Balaban J connectivity index is 0.00000147. The zero-order valence-corrected chi connectivity index (χ0v) is 12.3. The predicted molar refractivity (Wildman–Crippen MR) is 81.4 cm³/mol. The monoisotopic (exact) mass is 296 g/mol. The van der Waals surface area contributed by atoms with E-state index in [2.05, 4.69) is 0 Å². The number of amides is 1. The van der Waals surface area contributed by atoms with E-state index in [1.807, 2.05) is 29.2 Å². The highest BCUT2D eigenvalue weighted by molar-refractivity contribution is 5.97. The lowest BCUT2D eigenvalue weighted by atomic mass is 9.94. The number of rotatable bonds is 2. The molecule has 1 heterocycles. The van der Waals surface area contributed by atoms with Crippen LogP contribution in [0.2, 0.25) is 0 Å². The average molecular weight is 297 g/mol. The number of halogens is 1. The molecule has 110 valence electrons. The maximum atomic E-state index is 12.7. The molecule has 0 unspecified atom stereocenters. The van der Waals surface area contributed by atoms with Crippen molar-refractivity contribution in [2.24, 2.45) is 17.6 Å². The zero-order valence-electron chi connectivity index (χ0n) is 11.5. The van der Waals surface area contributed by atoms with E-state index in [9.17, 15) is 4.79 Å². The van der Waals surface area contributed by atoms with Gasteiger partial charge in [0.05, 0.1) is 12.2 Å². The van der Waals surface area contributed by atoms with Crippen LogP contribution in [0.15, 0.2) is 24.3 Å². The van der Waals surface area contributed by atoms with E-state index >= 15 is 0 Å². The minimum Gasteiger partial charge on any atom is -0.490 e. The van der Waals surface area contributed by atoms with Gasteiger partial charge in [-0.25, -0.2) is 0 Å². The molecule has 0 bridgehead atoms. The summed E-state index contributed by atoms with van der Waals surface area (Å²) in [6.07, 6.45) is 3.17. The Bertz CT molecular complexity index is 481.